The maximum atomic E-state index is 12.4. The van der Waals surface area contributed by atoms with Crippen LogP contribution in [-0.2, 0) is 6.42 Å². The van der Waals surface area contributed by atoms with Crippen LogP contribution in [-0.4, -0.2) is 32.8 Å². The zero-order valence-corrected chi connectivity index (χ0v) is 14.1. The van der Waals surface area contributed by atoms with Crippen molar-refractivity contribution in [3.05, 3.63) is 59.2 Å². The Balaban J connectivity index is 1.87. The topological polar surface area (TPSA) is 87.0 Å². The van der Waals surface area contributed by atoms with Gasteiger partial charge in [-0.1, -0.05) is 18.2 Å². The third kappa shape index (κ3) is 3.37. The van der Waals surface area contributed by atoms with Gasteiger partial charge in [-0.15, -0.1) is 0 Å². The van der Waals surface area contributed by atoms with Crippen LogP contribution in [0.15, 0.2) is 42.5 Å². The highest BCUT2D eigenvalue weighted by Gasteiger charge is 2.37. The lowest BCUT2D eigenvalue weighted by Gasteiger charge is -2.37. The van der Waals surface area contributed by atoms with Crippen molar-refractivity contribution in [2.45, 2.75) is 32.0 Å². The van der Waals surface area contributed by atoms with E-state index in [1.807, 2.05) is 0 Å². The third-order valence-corrected chi connectivity index (χ3v) is 4.40. The number of aliphatic hydroxyl groups is 1. The number of ketones is 1. The van der Waals surface area contributed by atoms with Gasteiger partial charge in [-0.3, -0.25) is 4.79 Å². The molecule has 5 heteroatoms. The van der Waals surface area contributed by atoms with E-state index in [1.54, 1.807) is 38.1 Å². The van der Waals surface area contributed by atoms with E-state index in [9.17, 15) is 20.1 Å². The molecule has 0 saturated carbocycles. The summed E-state index contributed by atoms with van der Waals surface area (Å²) in [6, 6.07) is 9.58. The Labute approximate surface area is 145 Å². The molecule has 1 unspecified atom stereocenters. The van der Waals surface area contributed by atoms with Gasteiger partial charge in [0.1, 0.15) is 22.8 Å². The minimum atomic E-state index is -0.774. The van der Waals surface area contributed by atoms with Gasteiger partial charge in [0, 0.05) is 12.0 Å². The van der Waals surface area contributed by atoms with Crippen molar-refractivity contribution < 1.29 is 24.9 Å². The second-order valence-electron chi connectivity index (χ2n) is 6.65. The molecule has 0 saturated heterocycles. The number of benzene rings is 2. The molecule has 2 aromatic rings. The fraction of sp³-hybridized carbons (Fsp3) is 0.250. The van der Waals surface area contributed by atoms with Crippen molar-refractivity contribution >= 4 is 11.9 Å². The van der Waals surface area contributed by atoms with E-state index in [4.69, 9.17) is 4.74 Å². The van der Waals surface area contributed by atoms with Gasteiger partial charge in [-0.25, -0.2) is 0 Å². The van der Waals surface area contributed by atoms with E-state index in [-0.39, 0.29) is 29.3 Å². The van der Waals surface area contributed by atoms with Gasteiger partial charge < -0.3 is 20.1 Å². The van der Waals surface area contributed by atoms with Crippen LogP contribution >= 0.6 is 0 Å². The van der Waals surface area contributed by atoms with E-state index in [0.29, 0.717) is 11.3 Å². The van der Waals surface area contributed by atoms with Crippen LogP contribution in [0.3, 0.4) is 0 Å². The second kappa shape index (κ2) is 6.26. The molecule has 0 aliphatic carbocycles. The highest BCUT2D eigenvalue weighted by atomic mass is 16.5. The fourth-order valence-corrected chi connectivity index (χ4v) is 2.75. The van der Waals surface area contributed by atoms with Gasteiger partial charge in [-0.2, -0.15) is 0 Å². The molecule has 3 N–H and O–H groups in total. The number of carbonyl (C=O) groups is 1. The molecule has 0 amide bonds. The van der Waals surface area contributed by atoms with Crippen molar-refractivity contribution in [3.63, 3.8) is 0 Å². The van der Waals surface area contributed by atoms with Gasteiger partial charge in [0.25, 0.3) is 0 Å². The molecule has 3 rings (SSSR count). The second-order valence-corrected chi connectivity index (χ2v) is 6.65. The molecule has 1 heterocycles. The van der Waals surface area contributed by atoms with Gasteiger partial charge in [-0.05, 0) is 49.8 Å². The first-order valence-electron chi connectivity index (χ1n) is 8.01. The number of aromatic hydroxyl groups is 2. The van der Waals surface area contributed by atoms with Crippen molar-refractivity contribution in [2.75, 3.05) is 0 Å². The molecule has 0 radical (unpaired) electrons. The van der Waals surface area contributed by atoms with Crippen LogP contribution in [0.4, 0.5) is 0 Å². The number of allylic oxidation sites excluding steroid dienone is 1. The number of ether oxygens (including phenoxy) is 1. The van der Waals surface area contributed by atoms with Crippen molar-refractivity contribution in [3.8, 4) is 17.2 Å². The van der Waals surface area contributed by atoms with Gasteiger partial charge in [0.05, 0.1) is 11.7 Å². The lowest BCUT2D eigenvalue weighted by atomic mass is 9.89. The van der Waals surface area contributed by atoms with E-state index in [2.05, 4.69) is 0 Å². The Morgan fingerprint density at radius 2 is 1.84 bits per heavy atom. The number of carbonyl (C=O) groups excluding carboxylic acids is 1. The van der Waals surface area contributed by atoms with Crippen molar-refractivity contribution in [1.82, 2.24) is 0 Å². The number of fused-ring (bicyclic) bond motifs is 1. The minimum absolute atomic E-state index is 0.150. The van der Waals surface area contributed by atoms with Crippen LogP contribution in [0.5, 0.6) is 17.2 Å². The molecule has 1 aliphatic rings. The Bertz CT molecular complexity index is 834. The summed E-state index contributed by atoms with van der Waals surface area (Å²) < 4.78 is 5.72. The van der Waals surface area contributed by atoms with E-state index >= 15 is 0 Å². The van der Waals surface area contributed by atoms with Crippen LogP contribution in [0.2, 0.25) is 0 Å². The number of hydrogen-bond donors (Lipinski definition) is 3. The number of rotatable bonds is 3. The number of phenols is 2. The average molecular weight is 340 g/mol. The lowest BCUT2D eigenvalue weighted by Crippen LogP contribution is -2.46. The molecule has 5 nitrogen and oxygen atoms in total. The fourth-order valence-electron chi connectivity index (χ4n) is 2.75. The minimum Gasteiger partial charge on any atom is -0.508 e. The number of phenolic OH excluding ortho intramolecular Hbond substituents is 2. The largest absolute Gasteiger partial charge is 0.508 e. The van der Waals surface area contributed by atoms with E-state index in [1.165, 1.54) is 24.3 Å². The standard InChI is InChI=1S/C20H20O5/c1-20(2)18(23)11-15-17(25-20)10-8-14(19(15)24)16(22)9-5-12-3-6-13(21)7-4-12/h3-10,18,21,23-24H,11H2,1-2H3. The summed E-state index contributed by atoms with van der Waals surface area (Å²) in [6.45, 7) is 3.55. The Hall–Kier alpha value is -2.79. The Morgan fingerprint density at radius 1 is 1.16 bits per heavy atom. The van der Waals surface area contributed by atoms with Gasteiger partial charge in [0.15, 0.2) is 5.78 Å². The van der Waals surface area contributed by atoms with Crippen LogP contribution in [0.1, 0.15) is 35.3 Å². The lowest BCUT2D eigenvalue weighted by molar-refractivity contribution is -0.0417. The predicted octanol–water partition coefficient (Wildman–Crippen LogP) is 3.07. The monoisotopic (exact) mass is 340 g/mol. The highest BCUT2D eigenvalue weighted by Crippen LogP contribution is 2.40. The van der Waals surface area contributed by atoms with Crippen molar-refractivity contribution in [1.29, 1.82) is 0 Å². The Kier molecular flexibility index (Phi) is 4.27. The molecule has 0 fully saturated rings. The van der Waals surface area contributed by atoms with Crippen molar-refractivity contribution in [2.24, 2.45) is 0 Å². The molecule has 1 atom stereocenters. The Morgan fingerprint density at radius 3 is 2.52 bits per heavy atom. The van der Waals surface area contributed by atoms with Crippen LogP contribution < -0.4 is 4.74 Å². The molecular formula is C20H20O5. The summed E-state index contributed by atoms with van der Waals surface area (Å²) in [4.78, 5) is 12.4. The van der Waals surface area contributed by atoms with Crippen LogP contribution in [0.25, 0.3) is 6.08 Å². The number of aliphatic hydroxyl groups excluding tert-OH is 1. The SMILES string of the molecule is CC1(C)Oc2ccc(C(=O)C=Cc3ccc(O)cc3)c(O)c2CC1O. The summed E-state index contributed by atoms with van der Waals surface area (Å²) in [6.07, 6.45) is 2.41. The zero-order valence-electron chi connectivity index (χ0n) is 14.1. The van der Waals surface area contributed by atoms with Crippen LogP contribution in [0, 0.1) is 0 Å². The predicted molar refractivity (Wildman–Crippen MR) is 94.0 cm³/mol. The highest BCUT2D eigenvalue weighted by molar-refractivity contribution is 6.09. The summed E-state index contributed by atoms with van der Waals surface area (Å²) >= 11 is 0. The molecule has 0 bridgehead atoms. The quantitative estimate of drug-likeness (QED) is 0.590. The average Bonchev–Trinajstić information content (AvgIpc) is 2.56. The third-order valence-electron chi connectivity index (χ3n) is 4.40. The molecule has 0 aromatic heterocycles. The maximum Gasteiger partial charge on any atom is 0.189 e. The van der Waals surface area contributed by atoms with E-state index < -0.39 is 11.7 Å². The first-order chi connectivity index (χ1) is 11.8. The van der Waals surface area contributed by atoms with Gasteiger partial charge >= 0.3 is 0 Å². The van der Waals surface area contributed by atoms with Gasteiger partial charge in [0.2, 0.25) is 0 Å². The molecule has 0 spiro atoms. The molecule has 25 heavy (non-hydrogen) atoms. The maximum absolute atomic E-state index is 12.4. The smallest absolute Gasteiger partial charge is 0.189 e. The molecule has 130 valence electrons. The summed E-state index contributed by atoms with van der Waals surface area (Å²) in [7, 11) is 0. The zero-order chi connectivity index (χ0) is 18.2. The first kappa shape index (κ1) is 17.0. The van der Waals surface area contributed by atoms with E-state index in [0.717, 1.165) is 5.56 Å². The molecular weight excluding hydrogens is 320 g/mol. The number of hydrogen-bond acceptors (Lipinski definition) is 5. The molecule has 1 aliphatic heterocycles. The first-order valence-corrected chi connectivity index (χ1v) is 8.01. The summed E-state index contributed by atoms with van der Waals surface area (Å²) in [5.74, 6) is 0.115. The summed E-state index contributed by atoms with van der Waals surface area (Å²) in [5.41, 5.74) is 0.605. The normalized spacial score (nSPS) is 18.6. The summed E-state index contributed by atoms with van der Waals surface area (Å²) in [5, 5.41) is 29.9. The molecule has 2 aromatic carbocycles.